The number of carbonyl (C=O) groups is 1. The lowest BCUT2D eigenvalue weighted by atomic mass is 10.0. The van der Waals surface area contributed by atoms with Crippen LogP contribution < -0.4 is 15.5 Å². The predicted octanol–water partition coefficient (Wildman–Crippen LogP) is 1.87. The molecule has 28 heavy (non-hydrogen) atoms. The van der Waals surface area contributed by atoms with Crippen LogP contribution in [0.15, 0.2) is 18.3 Å². The maximum Gasteiger partial charge on any atom is 0.417 e. The summed E-state index contributed by atoms with van der Waals surface area (Å²) in [6, 6.07) is 2.44. The van der Waals surface area contributed by atoms with E-state index in [9.17, 15) is 18.0 Å². The van der Waals surface area contributed by atoms with Crippen molar-refractivity contribution < 1.29 is 18.0 Å². The number of hydrogen-bond acceptors (Lipinski definition) is 5. The predicted molar refractivity (Wildman–Crippen MR) is 95.9 cm³/mol. The molecule has 0 spiro atoms. The number of carbonyl (C=O) groups excluding carboxylic acids is 1. The summed E-state index contributed by atoms with van der Waals surface area (Å²) in [4.78, 5) is 18.4. The Hall–Kier alpha value is -2.62. The second-order valence-corrected chi connectivity index (χ2v) is 7.09. The van der Waals surface area contributed by atoms with Gasteiger partial charge in [-0.15, -0.1) is 0 Å². The lowest BCUT2D eigenvalue weighted by molar-refractivity contribution is -0.137. The van der Waals surface area contributed by atoms with Crippen LogP contribution >= 0.6 is 0 Å². The number of H-pyrrole nitrogens is 1. The fourth-order valence-corrected chi connectivity index (χ4v) is 3.66. The van der Waals surface area contributed by atoms with Crippen LogP contribution in [0.25, 0.3) is 0 Å². The Labute approximate surface area is 159 Å². The third kappa shape index (κ3) is 3.82. The summed E-state index contributed by atoms with van der Waals surface area (Å²) >= 11 is 0. The summed E-state index contributed by atoms with van der Waals surface area (Å²) < 4.78 is 38.0. The fraction of sp³-hybridized carbons (Fsp3) is 0.500. The lowest BCUT2D eigenvalue weighted by Gasteiger charge is -2.33. The molecule has 2 aliphatic heterocycles. The molecule has 1 fully saturated rings. The molecule has 4 rings (SSSR count). The van der Waals surface area contributed by atoms with Crippen LogP contribution in [0.5, 0.6) is 0 Å². The standard InChI is InChI=1S/C18H21F3N6O/c19-18(20,21)11-1-2-15(23-9-11)27-7-4-12(5-8-27)24-17(28)16-13-10-22-6-3-14(13)25-26-16/h1-2,9,12,22H,3-8,10H2,(H,24,28)(H,25,26). The molecule has 0 atom stereocenters. The van der Waals surface area contributed by atoms with E-state index >= 15 is 0 Å². The van der Waals surface area contributed by atoms with E-state index in [0.717, 1.165) is 36.5 Å². The number of aromatic nitrogens is 3. The summed E-state index contributed by atoms with van der Waals surface area (Å²) in [5.41, 5.74) is 1.62. The molecule has 0 saturated carbocycles. The number of rotatable bonds is 3. The van der Waals surface area contributed by atoms with Gasteiger partial charge in [0.25, 0.3) is 5.91 Å². The van der Waals surface area contributed by atoms with Gasteiger partial charge < -0.3 is 15.5 Å². The van der Waals surface area contributed by atoms with Crippen molar-refractivity contribution in [3.05, 3.63) is 40.8 Å². The second kappa shape index (κ2) is 7.42. The number of fused-ring (bicyclic) bond motifs is 1. The van der Waals surface area contributed by atoms with Crippen molar-refractivity contribution in [3.8, 4) is 0 Å². The molecule has 0 unspecified atom stereocenters. The molecule has 7 nitrogen and oxygen atoms in total. The Kier molecular flexibility index (Phi) is 4.96. The highest BCUT2D eigenvalue weighted by Gasteiger charge is 2.31. The van der Waals surface area contributed by atoms with Gasteiger partial charge >= 0.3 is 6.18 Å². The number of pyridine rings is 1. The van der Waals surface area contributed by atoms with Gasteiger partial charge in [0.05, 0.1) is 5.56 Å². The van der Waals surface area contributed by atoms with Crippen LogP contribution in [0.3, 0.4) is 0 Å². The molecule has 10 heteroatoms. The second-order valence-electron chi connectivity index (χ2n) is 7.09. The maximum atomic E-state index is 12.7. The van der Waals surface area contributed by atoms with E-state index in [1.54, 1.807) is 0 Å². The monoisotopic (exact) mass is 394 g/mol. The lowest BCUT2D eigenvalue weighted by Crippen LogP contribution is -2.45. The summed E-state index contributed by atoms with van der Waals surface area (Å²) in [7, 11) is 0. The highest BCUT2D eigenvalue weighted by molar-refractivity contribution is 5.94. The van der Waals surface area contributed by atoms with Crippen LogP contribution in [0, 0.1) is 0 Å². The number of nitrogens with zero attached hydrogens (tertiary/aromatic N) is 3. The molecular formula is C18H21F3N6O. The normalized spacial score (nSPS) is 18.0. The van der Waals surface area contributed by atoms with Gasteiger partial charge in [0, 0.05) is 56.1 Å². The van der Waals surface area contributed by atoms with Gasteiger partial charge in [-0.25, -0.2) is 4.98 Å². The highest BCUT2D eigenvalue weighted by Crippen LogP contribution is 2.29. The summed E-state index contributed by atoms with van der Waals surface area (Å²) in [5, 5.41) is 13.4. The van der Waals surface area contributed by atoms with E-state index < -0.39 is 11.7 Å². The van der Waals surface area contributed by atoms with Gasteiger partial charge in [-0.2, -0.15) is 18.3 Å². The molecular weight excluding hydrogens is 373 g/mol. The minimum absolute atomic E-state index is 0.00194. The Bertz CT molecular complexity index is 840. The first-order valence-corrected chi connectivity index (χ1v) is 9.27. The number of anilines is 1. The summed E-state index contributed by atoms with van der Waals surface area (Å²) in [5.74, 6) is 0.331. The number of nitrogens with one attached hydrogen (secondary N) is 3. The van der Waals surface area contributed by atoms with Gasteiger partial charge in [-0.3, -0.25) is 9.89 Å². The highest BCUT2D eigenvalue weighted by atomic mass is 19.4. The molecule has 1 saturated heterocycles. The number of aromatic amines is 1. The Balaban J connectivity index is 1.33. The summed E-state index contributed by atoms with van der Waals surface area (Å²) in [6.07, 6.45) is -1.31. The topological polar surface area (TPSA) is 85.9 Å². The van der Waals surface area contributed by atoms with Gasteiger partial charge in [0.15, 0.2) is 5.69 Å². The maximum absolute atomic E-state index is 12.7. The van der Waals surface area contributed by atoms with Crippen LogP contribution in [-0.2, 0) is 19.1 Å². The number of halogens is 3. The zero-order valence-corrected chi connectivity index (χ0v) is 15.1. The van der Waals surface area contributed by atoms with Crippen LogP contribution in [-0.4, -0.2) is 46.8 Å². The molecule has 1 amide bonds. The van der Waals surface area contributed by atoms with E-state index in [2.05, 4.69) is 25.8 Å². The van der Waals surface area contributed by atoms with Gasteiger partial charge in [0.2, 0.25) is 0 Å². The van der Waals surface area contributed by atoms with Crippen molar-refractivity contribution in [1.29, 1.82) is 0 Å². The number of alkyl halides is 3. The number of piperidine rings is 1. The third-order valence-corrected chi connectivity index (χ3v) is 5.25. The first-order chi connectivity index (χ1) is 13.4. The quantitative estimate of drug-likeness (QED) is 0.740. The molecule has 0 bridgehead atoms. The van der Waals surface area contributed by atoms with E-state index in [-0.39, 0.29) is 11.9 Å². The smallest absolute Gasteiger partial charge is 0.356 e. The molecule has 3 N–H and O–H groups in total. The van der Waals surface area contributed by atoms with E-state index in [0.29, 0.717) is 44.0 Å². The van der Waals surface area contributed by atoms with E-state index in [1.807, 2.05) is 4.90 Å². The number of hydrogen-bond donors (Lipinski definition) is 3. The summed E-state index contributed by atoms with van der Waals surface area (Å²) in [6.45, 7) is 2.73. The first-order valence-electron chi connectivity index (χ1n) is 9.27. The molecule has 0 radical (unpaired) electrons. The third-order valence-electron chi connectivity index (χ3n) is 5.25. The molecule has 0 aliphatic carbocycles. The molecule has 150 valence electrons. The number of amides is 1. The van der Waals surface area contributed by atoms with E-state index in [4.69, 9.17) is 0 Å². The molecule has 2 aromatic rings. The zero-order valence-electron chi connectivity index (χ0n) is 15.1. The molecule has 2 aliphatic rings. The Morgan fingerprint density at radius 1 is 1.25 bits per heavy atom. The minimum Gasteiger partial charge on any atom is -0.356 e. The first kappa shape index (κ1) is 18.7. The van der Waals surface area contributed by atoms with Gasteiger partial charge in [-0.1, -0.05) is 0 Å². The van der Waals surface area contributed by atoms with Crippen molar-refractivity contribution in [1.82, 2.24) is 25.8 Å². The van der Waals surface area contributed by atoms with Gasteiger partial charge in [0.1, 0.15) is 5.82 Å². The zero-order chi connectivity index (χ0) is 19.7. The molecule has 0 aromatic carbocycles. The van der Waals surface area contributed by atoms with Gasteiger partial charge in [-0.05, 0) is 25.0 Å². The SMILES string of the molecule is O=C(NC1CCN(c2ccc(C(F)(F)F)cn2)CC1)c1n[nH]c2c1CNCC2. The largest absolute Gasteiger partial charge is 0.417 e. The van der Waals surface area contributed by atoms with Crippen molar-refractivity contribution in [2.75, 3.05) is 24.5 Å². The van der Waals surface area contributed by atoms with Crippen molar-refractivity contribution >= 4 is 11.7 Å². The Morgan fingerprint density at radius 2 is 2.04 bits per heavy atom. The fourth-order valence-electron chi connectivity index (χ4n) is 3.66. The molecule has 2 aromatic heterocycles. The van der Waals surface area contributed by atoms with Crippen LogP contribution in [0.2, 0.25) is 0 Å². The van der Waals surface area contributed by atoms with Crippen molar-refractivity contribution in [3.63, 3.8) is 0 Å². The average molecular weight is 394 g/mol. The molecule has 4 heterocycles. The van der Waals surface area contributed by atoms with E-state index in [1.165, 1.54) is 6.07 Å². The van der Waals surface area contributed by atoms with Crippen molar-refractivity contribution in [2.45, 2.75) is 38.0 Å². The van der Waals surface area contributed by atoms with Crippen molar-refractivity contribution in [2.24, 2.45) is 0 Å². The average Bonchev–Trinajstić information content (AvgIpc) is 3.12. The minimum atomic E-state index is -4.39. The van der Waals surface area contributed by atoms with Crippen LogP contribution in [0.4, 0.5) is 19.0 Å². The van der Waals surface area contributed by atoms with Crippen LogP contribution in [0.1, 0.15) is 40.2 Å². The Morgan fingerprint density at radius 3 is 2.71 bits per heavy atom.